The highest BCUT2D eigenvalue weighted by Gasteiger charge is 2.16. The molecule has 94 valence electrons. The van der Waals surface area contributed by atoms with Gasteiger partial charge in [0.25, 0.3) is 0 Å². The summed E-state index contributed by atoms with van der Waals surface area (Å²) in [6.07, 6.45) is 0. The Morgan fingerprint density at radius 3 is 2.56 bits per heavy atom. The van der Waals surface area contributed by atoms with Gasteiger partial charge in [0.2, 0.25) is 0 Å². The summed E-state index contributed by atoms with van der Waals surface area (Å²) in [5, 5.41) is 0. The van der Waals surface area contributed by atoms with Gasteiger partial charge in [-0.3, -0.25) is 0 Å². The van der Waals surface area contributed by atoms with E-state index in [1.165, 1.54) is 6.07 Å². The van der Waals surface area contributed by atoms with E-state index >= 15 is 0 Å². The molecule has 0 aliphatic heterocycles. The molecule has 0 heterocycles. The third-order valence-corrected chi connectivity index (χ3v) is 3.50. The first kappa shape index (κ1) is 13.1. The maximum Gasteiger partial charge on any atom is 0.128 e. The van der Waals surface area contributed by atoms with E-state index in [9.17, 15) is 4.39 Å². The molecule has 1 unspecified atom stereocenters. The summed E-state index contributed by atoms with van der Waals surface area (Å²) < 4.78 is 19.7. The lowest BCUT2D eigenvalue weighted by Gasteiger charge is -2.16. The number of halogens is 2. The monoisotopic (exact) mass is 309 g/mol. The zero-order valence-electron chi connectivity index (χ0n) is 9.86. The van der Waals surface area contributed by atoms with Crippen molar-refractivity contribution in [2.45, 2.75) is 6.04 Å². The van der Waals surface area contributed by atoms with Crippen molar-refractivity contribution >= 4 is 15.9 Å². The van der Waals surface area contributed by atoms with Crippen molar-refractivity contribution in [3.05, 3.63) is 63.9 Å². The van der Waals surface area contributed by atoms with Crippen molar-refractivity contribution in [1.82, 2.24) is 0 Å². The second kappa shape index (κ2) is 5.50. The Morgan fingerprint density at radius 2 is 1.89 bits per heavy atom. The summed E-state index contributed by atoms with van der Waals surface area (Å²) in [4.78, 5) is 0. The molecule has 2 aromatic rings. The standard InChI is InChI=1S/C14H13BrFNO/c1-18-9-6-7-12(15)11(8-9)14(17)10-4-2-3-5-13(10)16/h2-8,14H,17H2,1H3. The van der Waals surface area contributed by atoms with E-state index in [1.54, 1.807) is 31.4 Å². The van der Waals surface area contributed by atoms with Crippen LogP contribution < -0.4 is 10.5 Å². The molecular formula is C14H13BrFNO. The minimum Gasteiger partial charge on any atom is -0.497 e. The van der Waals surface area contributed by atoms with E-state index in [0.29, 0.717) is 11.3 Å². The highest BCUT2D eigenvalue weighted by Crippen LogP contribution is 2.31. The Bertz CT molecular complexity index is 559. The Balaban J connectivity index is 2.45. The summed E-state index contributed by atoms with van der Waals surface area (Å²) in [7, 11) is 1.58. The van der Waals surface area contributed by atoms with Gasteiger partial charge in [-0.1, -0.05) is 34.1 Å². The first-order valence-corrected chi connectivity index (χ1v) is 6.26. The van der Waals surface area contributed by atoms with Crippen LogP contribution in [0.4, 0.5) is 4.39 Å². The first-order chi connectivity index (χ1) is 8.63. The smallest absolute Gasteiger partial charge is 0.128 e. The van der Waals surface area contributed by atoms with Crippen LogP contribution in [-0.2, 0) is 0 Å². The van der Waals surface area contributed by atoms with Crippen LogP contribution in [0.15, 0.2) is 46.9 Å². The zero-order chi connectivity index (χ0) is 13.1. The van der Waals surface area contributed by atoms with Gasteiger partial charge in [-0.05, 0) is 29.8 Å². The van der Waals surface area contributed by atoms with E-state index < -0.39 is 6.04 Å². The van der Waals surface area contributed by atoms with Gasteiger partial charge in [0.05, 0.1) is 13.2 Å². The van der Waals surface area contributed by atoms with Crippen LogP contribution in [0.3, 0.4) is 0 Å². The van der Waals surface area contributed by atoms with Gasteiger partial charge in [-0.15, -0.1) is 0 Å². The lowest BCUT2D eigenvalue weighted by atomic mass is 9.99. The Labute approximate surface area is 114 Å². The van der Waals surface area contributed by atoms with Crippen LogP contribution in [0.2, 0.25) is 0 Å². The molecule has 2 N–H and O–H groups in total. The van der Waals surface area contributed by atoms with E-state index in [-0.39, 0.29) is 5.82 Å². The third kappa shape index (κ3) is 2.54. The topological polar surface area (TPSA) is 35.2 Å². The largest absolute Gasteiger partial charge is 0.497 e. The number of benzene rings is 2. The number of hydrogen-bond acceptors (Lipinski definition) is 2. The van der Waals surface area contributed by atoms with Gasteiger partial charge in [0.15, 0.2) is 0 Å². The Morgan fingerprint density at radius 1 is 1.17 bits per heavy atom. The summed E-state index contributed by atoms with van der Waals surface area (Å²) in [6.45, 7) is 0. The molecular weight excluding hydrogens is 297 g/mol. The van der Waals surface area contributed by atoms with Crippen molar-refractivity contribution in [3.8, 4) is 5.75 Å². The van der Waals surface area contributed by atoms with Gasteiger partial charge in [-0.2, -0.15) is 0 Å². The minimum atomic E-state index is -0.532. The highest BCUT2D eigenvalue weighted by atomic mass is 79.9. The maximum absolute atomic E-state index is 13.7. The first-order valence-electron chi connectivity index (χ1n) is 5.47. The van der Waals surface area contributed by atoms with Crippen molar-refractivity contribution in [2.75, 3.05) is 7.11 Å². The summed E-state index contributed by atoms with van der Waals surface area (Å²) in [5.41, 5.74) is 7.37. The summed E-state index contributed by atoms with van der Waals surface area (Å²) in [5.74, 6) is 0.389. The van der Waals surface area contributed by atoms with Gasteiger partial charge >= 0.3 is 0 Å². The molecule has 0 radical (unpaired) electrons. The fraction of sp³-hybridized carbons (Fsp3) is 0.143. The quantitative estimate of drug-likeness (QED) is 0.939. The van der Waals surface area contributed by atoms with Crippen molar-refractivity contribution in [2.24, 2.45) is 5.73 Å². The molecule has 0 saturated heterocycles. The molecule has 0 fully saturated rings. The van der Waals surface area contributed by atoms with E-state index in [0.717, 1.165) is 10.0 Å². The fourth-order valence-electron chi connectivity index (χ4n) is 1.78. The van der Waals surface area contributed by atoms with Gasteiger partial charge in [0, 0.05) is 10.0 Å². The molecule has 0 aliphatic carbocycles. The van der Waals surface area contributed by atoms with Crippen LogP contribution in [0, 0.1) is 5.82 Å². The molecule has 0 spiro atoms. The molecule has 0 bridgehead atoms. The van der Waals surface area contributed by atoms with Crippen LogP contribution in [0.1, 0.15) is 17.2 Å². The second-order valence-electron chi connectivity index (χ2n) is 3.89. The predicted octanol–water partition coefficient (Wildman–Crippen LogP) is 3.64. The second-order valence-corrected chi connectivity index (χ2v) is 4.74. The molecule has 18 heavy (non-hydrogen) atoms. The molecule has 0 amide bonds. The molecule has 1 atom stereocenters. The number of rotatable bonds is 3. The number of nitrogens with two attached hydrogens (primary N) is 1. The van der Waals surface area contributed by atoms with Crippen molar-refractivity contribution in [1.29, 1.82) is 0 Å². The normalized spacial score (nSPS) is 12.2. The average Bonchev–Trinajstić information content (AvgIpc) is 2.39. The molecule has 4 heteroatoms. The lowest BCUT2D eigenvalue weighted by molar-refractivity contribution is 0.414. The van der Waals surface area contributed by atoms with Crippen LogP contribution in [-0.4, -0.2) is 7.11 Å². The maximum atomic E-state index is 13.7. The minimum absolute atomic E-state index is 0.306. The van der Waals surface area contributed by atoms with Crippen LogP contribution >= 0.6 is 15.9 Å². The van der Waals surface area contributed by atoms with Crippen LogP contribution in [0.25, 0.3) is 0 Å². The molecule has 0 aliphatic rings. The molecule has 0 saturated carbocycles. The highest BCUT2D eigenvalue weighted by molar-refractivity contribution is 9.10. The number of hydrogen-bond donors (Lipinski definition) is 1. The number of methoxy groups -OCH3 is 1. The average molecular weight is 310 g/mol. The Hall–Kier alpha value is -1.39. The molecule has 2 aromatic carbocycles. The van der Waals surface area contributed by atoms with Gasteiger partial charge < -0.3 is 10.5 Å². The van der Waals surface area contributed by atoms with Crippen LogP contribution in [0.5, 0.6) is 5.75 Å². The number of ether oxygens (including phenoxy) is 1. The third-order valence-electron chi connectivity index (χ3n) is 2.78. The van der Waals surface area contributed by atoms with E-state index in [4.69, 9.17) is 10.5 Å². The summed E-state index contributed by atoms with van der Waals surface area (Å²) in [6, 6.07) is 11.4. The molecule has 2 rings (SSSR count). The molecule has 0 aromatic heterocycles. The van der Waals surface area contributed by atoms with E-state index in [1.807, 2.05) is 12.1 Å². The van der Waals surface area contributed by atoms with E-state index in [2.05, 4.69) is 15.9 Å². The zero-order valence-corrected chi connectivity index (χ0v) is 11.4. The van der Waals surface area contributed by atoms with Crippen molar-refractivity contribution in [3.63, 3.8) is 0 Å². The Kier molecular flexibility index (Phi) is 3.99. The SMILES string of the molecule is COc1ccc(Br)c(C(N)c2ccccc2F)c1. The van der Waals surface area contributed by atoms with Crippen molar-refractivity contribution < 1.29 is 9.13 Å². The lowest BCUT2D eigenvalue weighted by Crippen LogP contribution is -2.14. The van der Waals surface area contributed by atoms with Gasteiger partial charge in [-0.25, -0.2) is 4.39 Å². The van der Waals surface area contributed by atoms with Gasteiger partial charge in [0.1, 0.15) is 11.6 Å². The fourth-order valence-corrected chi connectivity index (χ4v) is 2.28. The predicted molar refractivity (Wildman–Crippen MR) is 73.1 cm³/mol. The summed E-state index contributed by atoms with van der Waals surface area (Å²) >= 11 is 3.42. The molecule has 2 nitrogen and oxygen atoms in total.